The summed E-state index contributed by atoms with van der Waals surface area (Å²) in [5.41, 5.74) is 3.68. The summed E-state index contributed by atoms with van der Waals surface area (Å²) in [6.07, 6.45) is 0. The highest BCUT2D eigenvalue weighted by Gasteiger charge is 2.24. The number of hydrogen-bond donors (Lipinski definition) is 1. The minimum atomic E-state index is -1.02. The van der Waals surface area contributed by atoms with Gasteiger partial charge in [-0.25, -0.2) is 0 Å². The second-order valence-electron chi connectivity index (χ2n) is 2.71. The first kappa shape index (κ1) is 10.1. The van der Waals surface area contributed by atoms with Crippen LogP contribution in [0.4, 0.5) is 10.1 Å². The Kier molecular flexibility index (Phi) is 2.46. The summed E-state index contributed by atoms with van der Waals surface area (Å²) < 4.78 is 13.2. The number of halogens is 1. The summed E-state index contributed by atoms with van der Waals surface area (Å²) >= 11 is 0. The van der Waals surface area contributed by atoms with Gasteiger partial charge < -0.3 is 5.73 Å². The standard InChI is InChI=1S/C8H7FN2O3/c1-4-2-3-5(8(10)12)7(6(4)9)11(13)14/h2-3H,1H3,(H2,10,12). The van der Waals surface area contributed by atoms with Crippen molar-refractivity contribution in [3.05, 3.63) is 39.2 Å². The van der Waals surface area contributed by atoms with E-state index in [0.717, 1.165) is 6.07 Å². The number of nitro benzene ring substituents is 1. The third-order valence-corrected chi connectivity index (χ3v) is 1.76. The van der Waals surface area contributed by atoms with E-state index >= 15 is 0 Å². The van der Waals surface area contributed by atoms with E-state index in [1.807, 2.05) is 0 Å². The Hall–Kier alpha value is -1.98. The van der Waals surface area contributed by atoms with Crippen LogP contribution in [0, 0.1) is 22.9 Å². The van der Waals surface area contributed by atoms with E-state index in [2.05, 4.69) is 0 Å². The van der Waals surface area contributed by atoms with Crippen molar-refractivity contribution >= 4 is 11.6 Å². The number of nitrogens with zero attached hydrogens (tertiary/aromatic N) is 1. The van der Waals surface area contributed by atoms with Crippen LogP contribution in [0.2, 0.25) is 0 Å². The number of amides is 1. The van der Waals surface area contributed by atoms with Crippen LogP contribution < -0.4 is 5.73 Å². The summed E-state index contributed by atoms with van der Waals surface area (Å²) in [6, 6.07) is 2.40. The molecule has 0 saturated carbocycles. The molecule has 0 radical (unpaired) electrons. The van der Waals surface area contributed by atoms with Gasteiger partial charge in [-0.2, -0.15) is 4.39 Å². The number of carbonyl (C=O) groups is 1. The zero-order chi connectivity index (χ0) is 10.9. The summed E-state index contributed by atoms with van der Waals surface area (Å²) in [5, 5.41) is 10.5. The monoisotopic (exact) mass is 198 g/mol. The van der Waals surface area contributed by atoms with E-state index in [1.165, 1.54) is 13.0 Å². The van der Waals surface area contributed by atoms with Crippen molar-refractivity contribution in [2.75, 3.05) is 0 Å². The molecule has 6 heteroatoms. The maximum Gasteiger partial charge on any atom is 0.317 e. The lowest BCUT2D eigenvalue weighted by Crippen LogP contribution is -2.14. The van der Waals surface area contributed by atoms with Gasteiger partial charge >= 0.3 is 5.69 Å². The number of aryl methyl sites for hydroxylation is 1. The first-order valence-electron chi connectivity index (χ1n) is 3.68. The Morgan fingerprint density at radius 2 is 2.14 bits per heavy atom. The van der Waals surface area contributed by atoms with E-state index in [4.69, 9.17) is 5.73 Å². The molecule has 0 saturated heterocycles. The molecular formula is C8H7FN2O3. The largest absolute Gasteiger partial charge is 0.365 e. The molecule has 1 rings (SSSR count). The summed E-state index contributed by atoms with van der Waals surface area (Å²) in [4.78, 5) is 20.2. The van der Waals surface area contributed by atoms with Crippen molar-refractivity contribution in [3.8, 4) is 0 Å². The van der Waals surface area contributed by atoms with Gasteiger partial charge in [0.15, 0.2) is 0 Å². The van der Waals surface area contributed by atoms with E-state index in [9.17, 15) is 19.3 Å². The normalized spacial score (nSPS) is 9.86. The molecule has 0 unspecified atom stereocenters. The van der Waals surface area contributed by atoms with Crippen LogP contribution in [0.15, 0.2) is 12.1 Å². The van der Waals surface area contributed by atoms with Gasteiger partial charge in [-0.1, -0.05) is 6.07 Å². The van der Waals surface area contributed by atoms with Crippen LogP contribution >= 0.6 is 0 Å². The highest BCUT2D eigenvalue weighted by Crippen LogP contribution is 2.24. The third-order valence-electron chi connectivity index (χ3n) is 1.76. The van der Waals surface area contributed by atoms with Crippen LogP contribution in [-0.2, 0) is 0 Å². The minimum Gasteiger partial charge on any atom is -0.365 e. The Morgan fingerprint density at radius 3 is 2.57 bits per heavy atom. The summed E-state index contributed by atoms with van der Waals surface area (Å²) in [7, 11) is 0. The maximum atomic E-state index is 13.2. The van der Waals surface area contributed by atoms with E-state index in [0.29, 0.717) is 0 Å². The van der Waals surface area contributed by atoms with E-state index in [-0.39, 0.29) is 5.56 Å². The average Bonchev–Trinajstić information content (AvgIpc) is 2.08. The Bertz CT molecular complexity index is 417. The number of nitrogens with two attached hydrogens (primary N) is 1. The predicted molar refractivity (Wildman–Crippen MR) is 46.3 cm³/mol. The molecule has 0 aliphatic rings. The van der Waals surface area contributed by atoms with Crippen molar-refractivity contribution in [3.63, 3.8) is 0 Å². The van der Waals surface area contributed by atoms with Gasteiger partial charge in [-0.05, 0) is 18.6 Å². The first-order valence-corrected chi connectivity index (χ1v) is 3.68. The number of primary amides is 1. The van der Waals surface area contributed by atoms with Gasteiger partial charge in [-0.15, -0.1) is 0 Å². The minimum absolute atomic E-state index is 0.0988. The van der Waals surface area contributed by atoms with Crippen LogP contribution in [0.25, 0.3) is 0 Å². The second kappa shape index (κ2) is 3.41. The lowest BCUT2D eigenvalue weighted by Gasteiger charge is -2.01. The molecule has 0 atom stereocenters. The average molecular weight is 198 g/mol. The molecule has 14 heavy (non-hydrogen) atoms. The highest BCUT2D eigenvalue weighted by atomic mass is 19.1. The quantitative estimate of drug-likeness (QED) is 0.571. The van der Waals surface area contributed by atoms with E-state index in [1.54, 1.807) is 0 Å². The van der Waals surface area contributed by atoms with Crippen molar-refractivity contribution < 1.29 is 14.1 Å². The fourth-order valence-electron chi connectivity index (χ4n) is 1.04. The SMILES string of the molecule is Cc1ccc(C(N)=O)c([N+](=O)[O-])c1F. The molecule has 0 aliphatic carbocycles. The molecule has 0 heterocycles. The van der Waals surface area contributed by atoms with Crippen LogP contribution in [0.3, 0.4) is 0 Å². The number of hydrogen-bond acceptors (Lipinski definition) is 3. The van der Waals surface area contributed by atoms with Gasteiger partial charge in [0.25, 0.3) is 5.91 Å². The van der Waals surface area contributed by atoms with E-state index < -0.39 is 27.9 Å². The summed E-state index contributed by atoms with van der Waals surface area (Å²) in [6.45, 7) is 1.37. The lowest BCUT2D eigenvalue weighted by molar-refractivity contribution is -0.387. The molecule has 0 aliphatic heterocycles. The molecule has 1 aromatic rings. The van der Waals surface area contributed by atoms with Crippen LogP contribution in [0.1, 0.15) is 15.9 Å². The Balaban J connectivity index is 3.53. The van der Waals surface area contributed by atoms with Crippen molar-refractivity contribution in [1.82, 2.24) is 0 Å². The third kappa shape index (κ3) is 1.54. The number of rotatable bonds is 2. The topological polar surface area (TPSA) is 86.2 Å². The van der Waals surface area contributed by atoms with Crippen molar-refractivity contribution in [2.24, 2.45) is 5.73 Å². The van der Waals surface area contributed by atoms with Crippen molar-refractivity contribution in [1.29, 1.82) is 0 Å². The Morgan fingerprint density at radius 1 is 1.57 bits per heavy atom. The zero-order valence-electron chi connectivity index (χ0n) is 7.28. The number of benzene rings is 1. The lowest BCUT2D eigenvalue weighted by atomic mass is 10.1. The molecule has 0 bridgehead atoms. The van der Waals surface area contributed by atoms with Gasteiger partial charge in [0.2, 0.25) is 5.82 Å². The molecule has 0 aromatic heterocycles. The van der Waals surface area contributed by atoms with Gasteiger partial charge in [0.05, 0.1) is 4.92 Å². The number of carbonyl (C=O) groups excluding carboxylic acids is 1. The summed E-state index contributed by atoms with van der Waals surface area (Å²) in [5.74, 6) is -2.04. The van der Waals surface area contributed by atoms with Gasteiger partial charge in [0.1, 0.15) is 5.56 Å². The molecule has 1 amide bonds. The molecule has 0 fully saturated rings. The van der Waals surface area contributed by atoms with Crippen LogP contribution in [-0.4, -0.2) is 10.8 Å². The maximum absolute atomic E-state index is 13.2. The second-order valence-corrected chi connectivity index (χ2v) is 2.71. The fraction of sp³-hybridized carbons (Fsp3) is 0.125. The molecular weight excluding hydrogens is 191 g/mol. The van der Waals surface area contributed by atoms with Crippen LogP contribution in [0.5, 0.6) is 0 Å². The highest BCUT2D eigenvalue weighted by molar-refractivity contribution is 5.97. The fourth-order valence-corrected chi connectivity index (χ4v) is 1.04. The molecule has 74 valence electrons. The first-order chi connectivity index (χ1) is 6.45. The molecule has 5 nitrogen and oxygen atoms in total. The number of nitro groups is 1. The zero-order valence-corrected chi connectivity index (χ0v) is 7.28. The smallest absolute Gasteiger partial charge is 0.317 e. The van der Waals surface area contributed by atoms with Gasteiger partial charge in [0, 0.05) is 0 Å². The predicted octanol–water partition coefficient (Wildman–Crippen LogP) is 1.14. The molecule has 0 spiro atoms. The Labute approximate surface area is 78.5 Å². The molecule has 2 N–H and O–H groups in total. The van der Waals surface area contributed by atoms with Gasteiger partial charge in [-0.3, -0.25) is 14.9 Å². The molecule has 1 aromatic carbocycles. The van der Waals surface area contributed by atoms with Crippen molar-refractivity contribution in [2.45, 2.75) is 6.92 Å².